The molecule has 1 unspecified atom stereocenters. The van der Waals surface area contributed by atoms with Crippen LogP contribution in [0, 0.1) is 0 Å². The Morgan fingerprint density at radius 1 is 1.20 bits per heavy atom. The summed E-state index contributed by atoms with van der Waals surface area (Å²) in [5.41, 5.74) is 0.732. The number of hydrogen-bond donors (Lipinski definition) is 3. The zero-order valence-corrected chi connectivity index (χ0v) is 17.2. The Bertz CT molecular complexity index is 565. The first-order chi connectivity index (χ1) is 11.8. The van der Waals surface area contributed by atoms with E-state index in [2.05, 4.69) is 22.9 Å². The summed E-state index contributed by atoms with van der Waals surface area (Å²) >= 11 is 23.0. The quantitative estimate of drug-likeness (QED) is 0.249. The molecular formula is C16H22Cl3N3O2S. The number of hydrogen-bond acceptors (Lipinski definition) is 3. The number of alkyl halides is 3. The highest BCUT2D eigenvalue weighted by atomic mass is 35.6. The predicted molar refractivity (Wildman–Crippen MR) is 109 cm³/mol. The maximum atomic E-state index is 12.0. The van der Waals surface area contributed by atoms with Crippen LogP contribution in [0.25, 0.3) is 0 Å². The van der Waals surface area contributed by atoms with Gasteiger partial charge in [-0.1, -0.05) is 54.6 Å². The first-order valence-electron chi connectivity index (χ1n) is 7.84. The van der Waals surface area contributed by atoms with Gasteiger partial charge in [-0.05, 0) is 42.9 Å². The number of unbranched alkanes of at least 4 members (excludes halogenated alkanes) is 2. The van der Waals surface area contributed by atoms with Crippen LogP contribution in [0.5, 0.6) is 5.75 Å². The van der Waals surface area contributed by atoms with Crippen molar-refractivity contribution in [2.24, 2.45) is 0 Å². The fourth-order valence-corrected chi connectivity index (χ4v) is 2.50. The number of ether oxygens (including phenoxy) is 1. The minimum Gasteiger partial charge on any atom is -0.497 e. The molecule has 0 aromatic heterocycles. The molecule has 0 heterocycles. The number of nitrogens with one attached hydrogen (secondary N) is 3. The van der Waals surface area contributed by atoms with Crippen LogP contribution in [0.15, 0.2) is 24.3 Å². The second kappa shape index (κ2) is 10.9. The minimum absolute atomic E-state index is 0.204. The molecule has 140 valence electrons. The standard InChI is InChI=1S/C16H22Cl3N3O2S/c1-3-4-5-6-13(23)21-14(16(17,18)19)22-15(25)20-11-7-9-12(24-2)10-8-11/h7-10,14H,3-6H2,1-2H3,(H,21,23)(H2,20,22,25). The molecule has 9 heteroatoms. The molecule has 0 bridgehead atoms. The van der Waals surface area contributed by atoms with E-state index in [1.165, 1.54) is 0 Å². The van der Waals surface area contributed by atoms with Crippen LogP contribution < -0.4 is 20.7 Å². The van der Waals surface area contributed by atoms with E-state index in [4.69, 9.17) is 51.8 Å². The Balaban J connectivity index is 2.61. The van der Waals surface area contributed by atoms with E-state index in [0.717, 1.165) is 30.7 Å². The van der Waals surface area contributed by atoms with Gasteiger partial charge in [-0.25, -0.2) is 0 Å². The van der Waals surface area contributed by atoms with E-state index in [1.54, 1.807) is 31.4 Å². The molecular weight excluding hydrogens is 405 g/mol. The Labute approximate surface area is 168 Å². The first kappa shape index (κ1) is 22.1. The SMILES string of the molecule is CCCCCC(=O)NC(NC(=S)Nc1ccc(OC)cc1)C(Cl)(Cl)Cl. The second-order valence-corrected chi connectivity index (χ2v) is 8.10. The lowest BCUT2D eigenvalue weighted by Gasteiger charge is -2.27. The molecule has 0 fully saturated rings. The van der Waals surface area contributed by atoms with Gasteiger partial charge in [0.1, 0.15) is 11.9 Å². The van der Waals surface area contributed by atoms with Crippen LogP contribution in [0.1, 0.15) is 32.6 Å². The number of rotatable bonds is 8. The van der Waals surface area contributed by atoms with Crippen LogP contribution in [0.2, 0.25) is 0 Å². The molecule has 5 nitrogen and oxygen atoms in total. The summed E-state index contributed by atoms with van der Waals surface area (Å²) < 4.78 is 3.33. The summed E-state index contributed by atoms with van der Waals surface area (Å²) in [6.45, 7) is 2.06. The largest absolute Gasteiger partial charge is 0.497 e. The van der Waals surface area contributed by atoms with Gasteiger partial charge in [0.2, 0.25) is 9.70 Å². The molecule has 1 aromatic carbocycles. The Kier molecular flexibility index (Phi) is 9.64. The van der Waals surface area contributed by atoms with Crippen LogP contribution >= 0.6 is 47.0 Å². The molecule has 0 aliphatic carbocycles. The second-order valence-electron chi connectivity index (χ2n) is 5.33. The fraction of sp³-hybridized carbons (Fsp3) is 0.500. The van der Waals surface area contributed by atoms with Gasteiger partial charge in [-0.2, -0.15) is 0 Å². The topological polar surface area (TPSA) is 62.4 Å². The lowest BCUT2D eigenvalue weighted by atomic mass is 10.2. The molecule has 0 aliphatic rings. The molecule has 25 heavy (non-hydrogen) atoms. The van der Waals surface area contributed by atoms with E-state index < -0.39 is 9.96 Å². The van der Waals surface area contributed by atoms with E-state index >= 15 is 0 Å². The van der Waals surface area contributed by atoms with Gasteiger partial charge in [0.05, 0.1) is 7.11 Å². The van der Waals surface area contributed by atoms with Crippen molar-refractivity contribution in [3.05, 3.63) is 24.3 Å². The van der Waals surface area contributed by atoms with Gasteiger partial charge in [-0.15, -0.1) is 0 Å². The summed E-state index contributed by atoms with van der Waals surface area (Å²) in [6.07, 6.45) is 2.19. The van der Waals surface area contributed by atoms with Gasteiger partial charge in [-0.3, -0.25) is 4.79 Å². The lowest BCUT2D eigenvalue weighted by Crippen LogP contribution is -2.56. The summed E-state index contributed by atoms with van der Waals surface area (Å²) in [4.78, 5) is 12.0. The highest BCUT2D eigenvalue weighted by molar-refractivity contribution is 7.80. The third-order valence-corrected chi connectivity index (χ3v) is 4.14. The zero-order chi connectivity index (χ0) is 18.9. The molecule has 1 rings (SSSR count). The molecule has 0 spiro atoms. The average Bonchev–Trinajstić information content (AvgIpc) is 2.54. The van der Waals surface area contributed by atoms with Crippen LogP contribution in [0.3, 0.4) is 0 Å². The van der Waals surface area contributed by atoms with Crippen LogP contribution in [-0.2, 0) is 4.79 Å². The number of carbonyl (C=O) groups excluding carboxylic acids is 1. The summed E-state index contributed by atoms with van der Waals surface area (Å²) in [5, 5.41) is 8.65. The van der Waals surface area contributed by atoms with Crippen molar-refractivity contribution in [3.63, 3.8) is 0 Å². The number of halogens is 3. The van der Waals surface area contributed by atoms with E-state index in [0.29, 0.717) is 6.42 Å². The maximum absolute atomic E-state index is 12.0. The molecule has 1 aromatic rings. The summed E-state index contributed by atoms with van der Waals surface area (Å²) in [7, 11) is 1.59. The zero-order valence-electron chi connectivity index (χ0n) is 14.1. The van der Waals surface area contributed by atoms with Crippen molar-refractivity contribution in [1.29, 1.82) is 0 Å². The maximum Gasteiger partial charge on any atom is 0.228 e. The van der Waals surface area contributed by atoms with Crippen molar-refractivity contribution in [2.75, 3.05) is 12.4 Å². The van der Waals surface area contributed by atoms with Crippen LogP contribution in [-0.4, -0.2) is 28.1 Å². The number of carbonyl (C=O) groups is 1. The molecule has 0 saturated carbocycles. The Morgan fingerprint density at radius 2 is 1.84 bits per heavy atom. The summed E-state index contributed by atoms with van der Waals surface area (Å²) in [5.74, 6) is 0.521. The molecule has 3 N–H and O–H groups in total. The van der Waals surface area contributed by atoms with Crippen LogP contribution in [0.4, 0.5) is 5.69 Å². The third kappa shape index (κ3) is 8.81. The van der Waals surface area contributed by atoms with E-state index in [1.807, 2.05) is 0 Å². The van der Waals surface area contributed by atoms with Crippen molar-refractivity contribution < 1.29 is 9.53 Å². The number of anilines is 1. The minimum atomic E-state index is -1.76. The van der Waals surface area contributed by atoms with Crippen molar-refractivity contribution in [3.8, 4) is 5.75 Å². The summed E-state index contributed by atoms with van der Waals surface area (Å²) in [6, 6.07) is 7.15. The first-order valence-corrected chi connectivity index (χ1v) is 9.38. The third-order valence-electron chi connectivity index (χ3n) is 3.26. The molecule has 1 atom stereocenters. The fourth-order valence-electron chi connectivity index (χ4n) is 1.94. The van der Waals surface area contributed by atoms with E-state index in [-0.39, 0.29) is 11.0 Å². The predicted octanol–water partition coefficient (Wildman–Crippen LogP) is 4.37. The number of thiocarbonyl (C=S) groups is 1. The number of methoxy groups -OCH3 is 1. The van der Waals surface area contributed by atoms with Gasteiger partial charge < -0.3 is 20.7 Å². The number of amides is 1. The monoisotopic (exact) mass is 425 g/mol. The van der Waals surface area contributed by atoms with Crippen molar-refractivity contribution >= 4 is 63.7 Å². The molecule has 0 saturated heterocycles. The number of benzene rings is 1. The van der Waals surface area contributed by atoms with Gasteiger partial charge >= 0.3 is 0 Å². The average molecular weight is 427 g/mol. The van der Waals surface area contributed by atoms with E-state index in [9.17, 15) is 4.79 Å². The normalized spacial score (nSPS) is 12.2. The Morgan fingerprint density at radius 3 is 2.36 bits per heavy atom. The smallest absolute Gasteiger partial charge is 0.228 e. The highest BCUT2D eigenvalue weighted by Gasteiger charge is 2.34. The highest BCUT2D eigenvalue weighted by Crippen LogP contribution is 2.29. The van der Waals surface area contributed by atoms with Gasteiger partial charge in [0.25, 0.3) is 0 Å². The molecule has 1 amide bonds. The van der Waals surface area contributed by atoms with Gasteiger partial charge in [0.15, 0.2) is 5.11 Å². The van der Waals surface area contributed by atoms with Crippen molar-refractivity contribution in [2.45, 2.75) is 42.6 Å². The van der Waals surface area contributed by atoms with Gasteiger partial charge in [0, 0.05) is 12.1 Å². The lowest BCUT2D eigenvalue weighted by molar-refractivity contribution is -0.122. The van der Waals surface area contributed by atoms with Crippen molar-refractivity contribution in [1.82, 2.24) is 10.6 Å². The Hall–Kier alpha value is -0.950. The molecule has 0 radical (unpaired) electrons. The molecule has 0 aliphatic heterocycles.